The second-order valence-corrected chi connectivity index (χ2v) is 4.97. The summed E-state index contributed by atoms with van der Waals surface area (Å²) in [7, 11) is 0. The number of hydrogen-bond donors (Lipinski definition) is 2. The van der Waals surface area contributed by atoms with Crippen LogP contribution in [0.3, 0.4) is 0 Å². The molecule has 2 rings (SSSR count). The van der Waals surface area contributed by atoms with Crippen molar-refractivity contribution >= 4 is 22.4 Å². The van der Waals surface area contributed by atoms with Gasteiger partial charge in [-0.1, -0.05) is 12.1 Å². The van der Waals surface area contributed by atoms with Crippen molar-refractivity contribution in [1.82, 2.24) is 4.98 Å². The normalized spacial score (nSPS) is 10.4. The van der Waals surface area contributed by atoms with Crippen LogP contribution in [0.2, 0.25) is 0 Å². The molecular formula is C13H15FN4S. The Morgan fingerprint density at radius 2 is 1.95 bits per heavy atom. The minimum absolute atomic E-state index is 0.0206. The van der Waals surface area contributed by atoms with Gasteiger partial charge in [-0.15, -0.1) is 11.3 Å². The third kappa shape index (κ3) is 4.33. The Balaban J connectivity index is 1.84. The quantitative estimate of drug-likeness (QED) is 0.651. The number of nitrogens with zero attached hydrogens (tertiary/aromatic N) is 2. The Morgan fingerprint density at radius 3 is 2.63 bits per heavy atom. The van der Waals surface area contributed by atoms with Crippen LogP contribution in [0.4, 0.5) is 9.52 Å². The van der Waals surface area contributed by atoms with E-state index in [1.54, 1.807) is 12.1 Å². The highest BCUT2D eigenvalue weighted by Crippen LogP contribution is 2.19. The Morgan fingerprint density at radius 1 is 1.21 bits per heavy atom. The van der Waals surface area contributed by atoms with Crippen LogP contribution >= 0.6 is 11.3 Å². The summed E-state index contributed by atoms with van der Waals surface area (Å²) in [5, 5.41) is 2.53. The van der Waals surface area contributed by atoms with Gasteiger partial charge >= 0.3 is 0 Å². The van der Waals surface area contributed by atoms with Crippen LogP contribution in [0, 0.1) is 5.82 Å². The van der Waals surface area contributed by atoms with Gasteiger partial charge in [-0.25, -0.2) is 9.37 Å². The van der Waals surface area contributed by atoms with Gasteiger partial charge in [-0.2, -0.15) is 4.99 Å². The standard InChI is InChI=1S/C13H15FN4S/c14-10-6-4-9(5-7-10)2-1-3-11-8-19-13(17-11)18-12(15)16/h4-8H,1-3H2,(H4,15,16,17,18). The number of aryl methyl sites for hydroxylation is 2. The van der Waals surface area contributed by atoms with Crippen molar-refractivity contribution in [2.75, 3.05) is 0 Å². The lowest BCUT2D eigenvalue weighted by Gasteiger charge is -1.99. The lowest BCUT2D eigenvalue weighted by molar-refractivity contribution is 0.626. The van der Waals surface area contributed by atoms with Gasteiger partial charge in [0.2, 0.25) is 5.13 Å². The van der Waals surface area contributed by atoms with Crippen LogP contribution in [0.5, 0.6) is 0 Å². The SMILES string of the molecule is NC(N)=Nc1nc(CCCc2ccc(F)cc2)cs1. The van der Waals surface area contributed by atoms with Crippen molar-refractivity contribution in [3.63, 3.8) is 0 Å². The lowest BCUT2D eigenvalue weighted by Crippen LogP contribution is -2.21. The minimum atomic E-state index is -0.204. The van der Waals surface area contributed by atoms with Gasteiger partial charge in [0.25, 0.3) is 0 Å². The molecule has 2 aromatic rings. The number of rotatable bonds is 5. The summed E-state index contributed by atoms with van der Waals surface area (Å²) in [5.41, 5.74) is 12.7. The largest absolute Gasteiger partial charge is 0.370 e. The third-order valence-corrected chi connectivity index (χ3v) is 3.36. The van der Waals surface area contributed by atoms with E-state index in [9.17, 15) is 4.39 Å². The molecule has 100 valence electrons. The van der Waals surface area contributed by atoms with Gasteiger partial charge in [-0.3, -0.25) is 0 Å². The summed E-state index contributed by atoms with van der Waals surface area (Å²) in [5.74, 6) is -0.183. The summed E-state index contributed by atoms with van der Waals surface area (Å²) < 4.78 is 12.7. The molecule has 1 heterocycles. The van der Waals surface area contributed by atoms with Crippen LogP contribution in [-0.4, -0.2) is 10.9 Å². The smallest absolute Gasteiger partial charge is 0.212 e. The van der Waals surface area contributed by atoms with E-state index in [0.717, 1.165) is 30.5 Å². The highest BCUT2D eigenvalue weighted by atomic mass is 32.1. The first-order chi connectivity index (χ1) is 9.13. The molecule has 6 heteroatoms. The maximum atomic E-state index is 12.7. The maximum Gasteiger partial charge on any atom is 0.212 e. The molecule has 4 nitrogen and oxygen atoms in total. The molecule has 0 aliphatic carbocycles. The molecule has 0 fully saturated rings. The first kappa shape index (κ1) is 13.5. The fourth-order valence-electron chi connectivity index (χ4n) is 1.70. The first-order valence-electron chi connectivity index (χ1n) is 5.92. The number of benzene rings is 1. The zero-order valence-corrected chi connectivity index (χ0v) is 11.2. The van der Waals surface area contributed by atoms with Crippen molar-refractivity contribution in [1.29, 1.82) is 0 Å². The second kappa shape index (κ2) is 6.29. The molecule has 1 aromatic carbocycles. The van der Waals surface area contributed by atoms with Crippen molar-refractivity contribution in [2.45, 2.75) is 19.3 Å². The molecule has 0 aliphatic heterocycles. The van der Waals surface area contributed by atoms with Crippen LogP contribution in [0.1, 0.15) is 17.7 Å². The minimum Gasteiger partial charge on any atom is -0.370 e. The maximum absolute atomic E-state index is 12.7. The number of aromatic nitrogens is 1. The third-order valence-electron chi connectivity index (χ3n) is 2.58. The Hall–Kier alpha value is -1.95. The van der Waals surface area contributed by atoms with Gasteiger partial charge in [-0.05, 0) is 37.0 Å². The van der Waals surface area contributed by atoms with Crippen LogP contribution in [-0.2, 0) is 12.8 Å². The van der Waals surface area contributed by atoms with E-state index in [-0.39, 0.29) is 11.8 Å². The number of halogens is 1. The molecule has 1 aromatic heterocycles. The molecule has 0 radical (unpaired) electrons. The fourth-order valence-corrected chi connectivity index (χ4v) is 2.44. The molecule has 0 spiro atoms. The van der Waals surface area contributed by atoms with E-state index in [1.807, 2.05) is 5.38 Å². The summed E-state index contributed by atoms with van der Waals surface area (Å²) in [6.45, 7) is 0. The number of nitrogens with two attached hydrogens (primary N) is 2. The van der Waals surface area contributed by atoms with Gasteiger partial charge in [0.15, 0.2) is 5.96 Å². The molecule has 0 bridgehead atoms. The predicted molar refractivity (Wildman–Crippen MR) is 76.0 cm³/mol. The van der Waals surface area contributed by atoms with Crippen molar-refractivity contribution in [2.24, 2.45) is 16.5 Å². The summed E-state index contributed by atoms with van der Waals surface area (Å²) in [6.07, 6.45) is 2.71. The fraction of sp³-hybridized carbons (Fsp3) is 0.231. The van der Waals surface area contributed by atoms with Gasteiger partial charge in [0.05, 0.1) is 5.69 Å². The average Bonchev–Trinajstić information content (AvgIpc) is 2.78. The second-order valence-electron chi connectivity index (χ2n) is 4.14. The van der Waals surface area contributed by atoms with E-state index < -0.39 is 0 Å². The summed E-state index contributed by atoms with van der Waals surface area (Å²) in [4.78, 5) is 8.20. The van der Waals surface area contributed by atoms with Gasteiger partial charge < -0.3 is 11.5 Å². The van der Waals surface area contributed by atoms with Crippen molar-refractivity contribution in [3.05, 3.63) is 46.7 Å². The first-order valence-corrected chi connectivity index (χ1v) is 6.80. The molecule has 0 atom stereocenters. The number of thiazole rings is 1. The van der Waals surface area contributed by atoms with Gasteiger partial charge in [0, 0.05) is 5.38 Å². The van der Waals surface area contributed by atoms with Crippen molar-refractivity contribution < 1.29 is 4.39 Å². The highest BCUT2D eigenvalue weighted by Gasteiger charge is 2.02. The zero-order chi connectivity index (χ0) is 13.7. The molecule has 0 saturated carbocycles. The average molecular weight is 278 g/mol. The molecule has 0 aliphatic rings. The van der Waals surface area contributed by atoms with E-state index in [0.29, 0.717) is 5.13 Å². The molecule has 0 unspecified atom stereocenters. The Bertz CT molecular complexity index is 558. The van der Waals surface area contributed by atoms with E-state index in [2.05, 4.69) is 9.98 Å². The monoisotopic (exact) mass is 278 g/mol. The Labute approximate surface area is 115 Å². The Kier molecular flexibility index (Phi) is 4.46. The molecule has 4 N–H and O–H groups in total. The van der Waals surface area contributed by atoms with E-state index in [4.69, 9.17) is 11.5 Å². The van der Waals surface area contributed by atoms with Gasteiger partial charge in [0.1, 0.15) is 5.82 Å². The lowest BCUT2D eigenvalue weighted by atomic mass is 10.1. The summed E-state index contributed by atoms with van der Waals surface area (Å²) in [6, 6.07) is 6.58. The zero-order valence-electron chi connectivity index (χ0n) is 10.3. The van der Waals surface area contributed by atoms with Crippen LogP contribution in [0.15, 0.2) is 34.6 Å². The topological polar surface area (TPSA) is 77.3 Å². The number of hydrogen-bond acceptors (Lipinski definition) is 3. The van der Waals surface area contributed by atoms with Crippen molar-refractivity contribution in [3.8, 4) is 0 Å². The van der Waals surface area contributed by atoms with Crippen LogP contribution < -0.4 is 11.5 Å². The molecule has 0 amide bonds. The highest BCUT2D eigenvalue weighted by molar-refractivity contribution is 7.13. The predicted octanol–water partition coefficient (Wildman–Crippen LogP) is 2.36. The van der Waals surface area contributed by atoms with E-state index in [1.165, 1.54) is 23.5 Å². The number of aliphatic imine (C=N–C) groups is 1. The van der Waals surface area contributed by atoms with E-state index >= 15 is 0 Å². The molecule has 0 saturated heterocycles. The van der Waals surface area contributed by atoms with Crippen LogP contribution in [0.25, 0.3) is 0 Å². The molecule has 19 heavy (non-hydrogen) atoms. The number of guanidine groups is 1. The summed E-state index contributed by atoms with van der Waals surface area (Å²) >= 11 is 1.42. The molecular weight excluding hydrogens is 263 g/mol.